The summed E-state index contributed by atoms with van der Waals surface area (Å²) in [5.74, 6) is -1.52. The lowest BCUT2D eigenvalue weighted by atomic mass is 10.2. The Morgan fingerprint density at radius 1 is 1.21 bits per heavy atom. The number of fused-ring (bicyclic) bond motifs is 1. The average molecular weight is 439 g/mol. The van der Waals surface area contributed by atoms with E-state index in [-0.39, 0.29) is 27.7 Å². The van der Waals surface area contributed by atoms with E-state index < -0.39 is 21.8 Å². The summed E-state index contributed by atoms with van der Waals surface area (Å²) < 4.78 is 65.5. The Morgan fingerprint density at radius 3 is 2.66 bits per heavy atom. The van der Waals surface area contributed by atoms with Gasteiger partial charge in [-0.3, -0.25) is 4.98 Å². The summed E-state index contributed by atoms with van der Waals surface area (Å²) >= 11 is 1.31. The minimum atomic E-state index is -4.73. The molecule has 0 aliphatic heterocycles. The highest BCUT2D eigenvalue weighted by atomic mass is 32.2. The monoisotopic (exact) mass is 439 g/mol. The standard InChI is InChI=1S/C17H12F3N5O2S2/c1-2-29(26,27)12-8-10(15-21-6-7-28-15)9-22-14(12)11-4-3-5-13-23-16(17(18,19)20)24-25(11)13/h3-9H,2H2,1H3. The number of rotatable bonds is 4. The Balaban J connectivity index is 1.99. The lowest BCUT2D eigenvalue weighted by Crippen LogP contribution is -2.10. The highest BCUT2D eigenvalue weighted by molar-refractivity contribution is 7.91. The predicted octanol–water partition coefficient (Wildman–Crippen LogP) is 3.73. The van der Waals surface area contributed by atoms with Gasteiger partial charge < -0.3 is 0 Å². The van der Waals surface area contributed by atoms with Crippen molar-refractivity contribution in [2.75, 3.05) is 5.75 Å². The molecule has 0 aliphatic rings. The molecule has 7 nitrogen and oxygen atoms in total. The summed E-state index contributed by atoms with van der Waals surface area (Å²) in [5, 5.41) is 5.84. The lowest BCUT2D eigenvalue weighted by Gasteiger charge is -2.11. The third-order valence-electron chi connectivity index (χ3n) is 4.10. The number of hydrogen-bond donors (Lipinski definition) is 0. The number of pyridine rings is 2. The molecule has 0 atom stereocenters. The Bertz CT molecular complexity index is 1300. The zero-order valence-electron chi connectivity index (χ0n) is 14.8. The molecule has 4 heterocycles. The molecule has 150 valence electrons. The van der Waals surface area contributed by atoms with Crippen LogP contribution in [0.2, 0.25) is 0 Å². The predicted molar refractivity (Wildman–Crippen MR) is 100 cm³/mol. The first-order chi connectivity index (χ1) is 13.7. The second-order valence-electron chi connectivity index (χ2n) is 5.93. The molecule has 0 saturated heterocycles. The van der Waals surface area contributed by atoms with Gasteiger partial charge in [0.2, 0.25) is 0 Å². The van der Waals surface area contributed by atoms with Crippen LogP contribution in [-0.2, 0) is 16.0 Å². The fraction of sp³-hybridized carbons (Fsp3) is 0.176. The van der Waals surface area contributed by atoms with E-state index >= 15 is 0 Å². The average Bonchev–Trinajstić information content (AvgIpc) is 3.36. The molecule has 12 heteroatoms. The molecule has 0 amide bonds. The topological polar surface area (TPSA) is 90.1 Å². The number of sulfone groups is 1. The van der Waals surface area contributed by atoms with Gasteiger partial charge in [-0.1, -0.05) is 13.0 Å². The summed E-state index contributed by atoms with van der Waals surface area (Å²) in [4.78, 5) is 11.8. The van der Waals surface area contributed by atoms with Crippen molar-refractivity contribution >= 4 is 26.8 Å². The fourth-order valence-corrected chi connectivity index (χ4v) is 4.41. The SMILES string of the molecule is CCS(=O)(=O)c1cc(-c2nccs2)cnc1-c1cccc2nc(C(F)(F)F)nn12. The van der Waals surface area contributed by atoms with Crippen LogP contribution in [0, 0.1) is 0 Å². The van der Waals surface area contributed by atoms with Gasteiger partial charge in [-0.05, 0) is 18.2 Å². The van der Waals surface area contributed by atoms with Gasteiger partial charge >= 0.3 is 6.18 Å². The van der Waals surface area contributed by atoms with Crippen LogP contribution in [0.3, 0.4) is 0 Å². The molecule has 0 unspecified atom stereocenters. The van der Waals surface area contributed by atoms with E-state index in [1.54, 1.807) is 11.6 Å². The molecule has 0 saturated carbocycles. The molecular formula is C17H12F3N5O2S2. The largest absolute Gasteiger partial charge is 0.453 e. The molecule has 4 aromatic rings. The van der Waals surface area contributed by atoms with Crippen LogP contribution in [0.4, 0.5) is 13.2 Å². The van der Waals surface area contributed by atoms with Crippen molar-refractivity contribution in [3.63, 3.8) is 0 Å². The van der Waals surface area contributed by atoms with Gasteiger partial charge in [0.1, 0.15) is 10.7 Å². The maximum atomic E-state index is 13.0. The van der Waals surface area contributed by atoms with Gasteiger partial charge in [-0.2, -0.15) is 13.2 Å². The van der Waals surface area contributed by atoms with Gasteiger partial charge in [0.25, 0.3) is 5.82 Å². The summed E-state index contributed by atoms with van der Waals surface area (Å²) in [7, 11) is -3.75. The van der Waals surface area contributed by atoms with Crippen LogP contribution in [0.25, 0.3) is 27.6 Å². The van der Waals surface area contributed by atoms with Crippen molar-refractivity contribution in [2.45, 2.75) is 18.0 Å². The van der Waals surface area contributed by atoms with E-state index in [0.29, 0.717) is 10.6 Å². The zero-order chi connectivity index (χ0) is 20.8. The van der Waals surface area contributed by atoms with Crippen molar-refractivity contribution < 1.29 is 21.6 Å². The highest BCUT2D eigenvalue weighted by Gasteiger charge is 2.36. The van der Waals surface area contributed by atoms with Crippen molar-refractivity contribution in [3.8, 4) is 22.0 Å². The second-order valence-corrected chi connectivity index (χ2v) is 9.07. The number of thiazole rings is 1. The summed E-state index contributed by atoms with van der Waals surface area (Å²) in [6, 6.07) is 5.70. The van der Waals surface area contributed by atoms with Gasteiger partial charge in [0, 0.05) is 23.3 Å². The van der Waals surface area contributed by atoms with Crippen molar-refractivity contribution in [1.29, 1.82) is 0 Å². The third-order valence-corrected chi connectivity index (χ3v) is 6.67. The molecule has 4 rings (SSSR count). The van der Waals surface area contributed by atoms with Crippen LogP contribution in [0.15, 0.2) is 46.9 Å². The molecular weight excluding hydrogens is 427 g/mol. The Kier molecular flexibility index (Phi) is 4.62. The van der Waals surface area contributed by atoms with E-state index in [0.717, 1.165) is 4.52 Å². The summed E-state index contributed by atoms with van der Waals surface area (Å²) in [5.41, 5.74) is 0.512. The first kappa shape index (κ1) is 19.5. The molecule has 4 aromatic heterocycles. The maximum Gasteiger partial charge on any atom is 0.453 e. The smallest absolute Gasteiger partial charge is 0.252 e. The second kappa shape index (κ2) is 6.88. The van der Waals surface area contributed by atoms with Crippen LogP contribution in [0.1, 0.15) is 12.7 Å². The van der Waals surface area contributed by atoms with E-state index in [4.69, 9.17) is 0 Å². The number of aromatic nitrogens is 5. The summed E-state index contributed by atoms with van der Waals surface area (Å²) in [6.45, 7) is 1.48. The van der Waals surface area contributed by atoms with Crippen molar-refractivity contribution in [1.82, 2.24) is 24.6 Å². The van der Waals surface area contributed by atoms with Crippen molar-refractivity contribution in [2.24, 2.45) is 0 Å². The van der Waals surface area contributed by atoms with Crippen molar-refractivity contribution in [3.05, 3.63) is 47.9 Å². The van der Waals surface area contributed by atoms with E-state index in [9.17, 15) is 21.6 Å². The van der Waals surface area contributed by atoms with E-state index in [2.05, 4.69) is 20.1 Å². The molecule has 0 aromatic carbocycles. The Morgan fingerprint density at radius 2 is 2.00 bits per heavy atom. The van der Waals surface area contributed by atoms with Crippen LogP contribution < -0.4 is 0 Å². The molecule has 0 aliphatic carbocycles. The van der Waals surface area contributed by atoms with E-state index in [1.807, 2.05) is 0 Å². The molecule has 0 spiro atoms. The molecule has 0 radical (unpaired) electrons. The number of hydrogen-bond acceptors (Lipinski definition) is 7. The lowest BCUT2D eigenvalue weighted by molar-refractivity contribution is -0.144. The maximum absolute atomic E-state index is 13.0. The van der Waals surface area contributed by atoms with Gasteiger partial charge in [0.05, 0.1) is 16.3 Å². The number of halogens is 3. The molecule has 0 fully saturated rings. The minimum Gasteiger partial charge on any atom is -0.252 e. The quantitative estimate of drug-likeness (QED) is 0.481. The number of nitrogens with zero attached hydrogens (tertiary/aromatic N) is 5. The van der Waals surface area contributed by atoms with Crippen LogP contribution >= 0.6 is 11.3 Å². The van der Waals surface area contributed by atoms with Gasteiger partial charge in [-0.15, -0.1) is 16.4 Å². The Labute approximate surface area is 166 Å². The normalized spacial score (nSPS) is 12.6. The first-order valence-corrected chi connectivity index (χ1v) is 10.8. The van der Waals surface area contributed by atoms with E-state index in [1.165, 1.54) is 48.7 Å². The minimum absolute atomic E-state index is 0.00335. The third kappa shape index (κ3) is 3.49. The van der Waals surface area contributed by atoms with Crippen LogP contribution in [-0.4, -0.2) is 38.7 Å². The molecule has 0 N–H and O–H groups in total. The highest BCUT2D eigenvalue weighted by Crippen LogP contribution is 2.32. The fourth-order valence-electron chi connectivity index (χ4n) is 2.72. The van der Waals surface area contributed by atoms with Crippen LogP contribution in [0.5, 0.6) is 0 Å². The zero-order valence-corrected chi connectivity index (χ0v) is 16.4. The Hall–Kier alpha value is -2.86. The first-order valence-electron chi connectivity index (χ1n) is 8.27. The molecule has 0 bridgehead atoms. The number of alkyl halides is 3. The van der Waals surface area contributed by atoms with Gasteiger partial charge in [-0.25, -0.2) is 22.9 Å². The van der Waals surface area contributed by atoms with Gasteiger partial charge in [0.15, 0.2) is 15.5 Å². The molecule has 29 heavy (non-hydrogen) atoms. The summed E-state index contributed by atoms with van der Waals surface area (Å²) in [6.07, 6.45) is -1.72.